The first-order valence-corrected chi connectivity index (χ1v) is 7.85. The van der Waals surface area contributed by atoms with Crippen molar-refractivity contribution in [1.82, 2.24) is 4.98 Å². The summed E-state index contributed by atoms with van der Waals surface area (Å²) < 4.78 is 11.3. The van der Waals surface area contributed by atoms with Gasteiger partial charge in [-0.05, 0) is 48.4 Å². The topological polar surface area (TPSA) is 35.3 Å². The van der Waals surface area contributed by atoms with E-state index in [9.17, 15) is 0 Å². The molecule has 0 radical (unpaired) electrons. The van der Waals surface area contributed by atoms with Gasteiger partial charge in [-0.25, -0.2) is 4.98 Å². The van der Waals surface area contributed by atoms with E-state index in [4.69, 9.17) is 9.15 Å². The Balaban J connectivity index is 1.92. The van der Waals surface area contributed by atoms with Gasteiger partial charge in [-0.3, -0.25) is 0 Å². The van der Waals surface area contributed by atoms with Gasteiger partial charge in [0.05, 0.1) is 7.11 Å². The molecule has 0 atom stereocenters. The second kappa shape index (κ2) is 5.85. The van der Waals surface area contributed by atoms with E-state index < -0.39 is 0 Å². The molecule has 0 amide bonds. The molecule has 0 aliphatic rings. The zero-order valence-electron chi connectivity index (χ0n) is 13.6. The SMILES string of the molecule is COc1cccc(-c2ccc(C)cc2-c2nc3ccccc3o2)c1. The van der Waals surface area contributed by atoms with E-state index in [1.165, 1.54) is 5.56 Å². The van der Waals surface area contributed by atoms with E-state index >= 15 is 0 Å². The first-order valence-electron chi connectivity index (χ1n) is 7.85. The molecule has 0 saturated carbocycles. The van der Waals surface area contributed by atoms with Crippen molar-refractivity contribution < 1.29 is 9.15 Å². The Labute approximate surface area is 140 Å². The lowest BCUT2D eigenvalue weighted by molar-refractivity contribution is 0.415. The number of nitrogens with zero attached hydrogens (tertiary/aromatic N) is 1. The Hall–Kier alpha value is -3.07. The van der Waals surface area contributed by atoms with Crippen LogP contribution in [0.4, 0.5) is 0 Å². The summed E-state index contributed by atoms with van der Waals surface area (Å²) >= 11 is 0. The number of rotatable bonds is 3. The number of fused-ring (bicyclic) bond motifs is 1. The summed E-state index contributed by atoms with van der Waals surface area (Å²) in [6.07, 6.45) is 0. The quantitative estimate of drug-likeness (QED) is 0.502. The number of hydrogen-bond donors (Lipinski definition) is 0. The van der Waals surface area contributed by atoms with Crippen LogP contribution in [0.1, 0.15) is 5.56 Å². The summed E-state index contributed by atoms with van der Waals surface area (Å²) in [6, 6.07) is 22.2. The van der Waals surface area contributed by atoms with Crippen LogP contribution in [0.15, 0.2) is 71.1 Å². The second-order valence-corrected chi connectivity index (χ2v) is 5.77. The minimum absolute atomic E-state index is 0.637. The lowest BCUT2D eigenvalue weighted by atomic mass is 9.97. The molecule has 3 aromatic carbocycles. The van der Waals surface area contributed by atoms with E-state index in [1.807, 2.05) is 42.5 Å². The van der Waals surface area contributed by atoms with Crippen LogP contribution in [0.25, 0.3) is 33.7 Å². The van der Waals surface area contributed by atoms with Crippen LogP contribution in [0.3, 0.4) is 0 Å². The summed E-state index contributed by atoms with van der Waals surface area (Å²) in [7, 11) is 1.68. The molecule has 24 heavy (non-hydrogen) atoms. The van der Waals surface area contributed by atoms with Gasteiger partial charge < -0.3 is 9.15 Å². The van der Waals surface area contributed by atoms with Crippen LogP contribution in [-0.2, 0) is 0 Å². The summed E-state index contributed by atoms with van der Waals surface area (Å²) in [5, 5.41) is 0. The minimum atomic E-state index is 0.637. The Kier molecular flexibility index (Phi) is 3.54. The summed E-state index contributed by atoms with van der Waals surface area (Å²) in [5.74, 6) is 1.47. The average Bonchev–Trinajstić information content (AvgIpc) is 3.06. The highest BCUT2D eigenvalue weighted by Crippen LogP contribution is 2.35. The lowest BCUT2D eigenvalue weighted by Gasteiger charge is -2.09. The molecule has 4 aromatic rings. The highest BCUT2D eigenvalue weighted by Gasteiger charge is 2.14. The van der Waals surface area contributed by atoms with Crippen molar-refractivity contribution in [3.8, 4) is 28.3 Å². The number of aryl methyl sites for hydroxylation is 1. The van der Waals surface area contributed by atoms with Gasteiger partial charge in [0, 0.05) is 5.56 Å². The molecule has 0 fully saturated rings. The van der Waals surface area contributed by atoms with Gasteiger partial charge in [0.15, 0.2) is 5.58 Å². The smallest absolute Gasteiger partial charge is 0.227 e. The number of para-hydroxylation sites is 2. The van der Waals surface area contributed by atoms with Crippen molar-refractivity contribution in [1.29, 1.82) is 0 Å². The molecule has 0 unspecified atom stereocenters. The predicted octanol–water partition coefficient (Wildman–Crippen LogP) is 5.48. The molecule has 0 aliphatic heterocycles. The fourth-order valence-corrected chi connectivity index (χ4v) is 2.86. The summed E-state index contributed by atoms with van der Waals surface area (Å²) in [5.41, 5.74) is 5.97. The largest absolute Gasteiger partial charge is 0.497 e. The molecule has 0 spiro atoms. The molecule has 3 heteroatoms. The van der Waals surface area contributed by atoms with Gasteiger partial charge in [-0.15, -0.1) is 0 Å². The Morgan fingerprint density at radius 3 is 2.58 bits per heavy atom. The first-order chi connectivity index (χ1) is 11.7. The fraction of sp³-hybridized carbons (Fsp3) is 0.0952. The van der Waals surface area contributed by atoms with Crippen molar-refractivity contribution in [3.63, 3.8) is 0 Å². The number of aromatic nitrogens is 1. The third-order valence-corrected chi connectivity index (χ3v) is 4.08. The van der Waals surface area contributed by atoms with Crippen LogP contribution in [0.2, 0.25) is 0 Å². The number of ether oxygens (including phenoxy) is 1. The lowest BCUT2D eigenvalue weighted by Crippen LogP contribution is -1.88. The van der Waals surface area contributed by atoms with Gasteiger partial charge in [0.1, 0.15) is 11.3 Å². The minimum Gasteiger partial charge on any atom is -0.497 e. The van der Waals surface area contributed by atoms with Crippen LogP contribution in [0, 0.1) is 6.92 Å². The third kappa shape index (κ3) is 2.54. The first kappa shape index (κ1) is 14.5. The number of methoxy groups -OCH3 is 1. The van der Waals surface area contributed by atoms with Crippen molar-refractivity contribution in [2.45, 2.75) is 6.92 Å². The van der Waals surface area contributed by atoms with Crippen molar-refractivity contribution in [2.75, 3.05) is 7.11 Å². The maximum absolute atomic E-state index is 5.99. The number of benzene rings is 3. The Morgan fingerprint density at radius 1 is 0.875 bits per heavy atom. The highest BCUT2D eigenvalue weighted by molar-refractivity contribution is 5.84. The maximum atomic E-state index is 5.99. The molecule has 118 valence electrons. The molecule has 0 saturated heterocycles. The molecular formula is C21H17NO2. The summed E-state index contributed by atoms with van der Waals surface area (Å²) in [6.45, 7) is 2.07. The zero-order chi connectivity index (χ0) is 16.5. The van der Waals surface area contributed by atoms with Gasteiger partial charge in [0.2, 0.25) is 5.89 Å². The molecule has 0 N–H and O–H groups in total. The number of oxazole rings is 1. The number of hydrogen-bond acceptors (Lipinski definition) is 3. The monoisotopic (exact) mass is 315 g/mol. The predicted molar refractivity (Wildman–Crippen MR) is 96.2 cm³/mol. The van der Waals surface area contributed by atoms with E-state index in [1.54, 1.807) is 7.11 Å². The van der Waals surface area contributed by atoms with E-state index in [0.29, 0.717) is 5.89 Å². The van der Waals surface area contributed by atoms with E-state index in [2.05, 4.69) is 36.2 Å². The van der Waals surface area contributed by atoms with Gasteiger partial charge in [-0.2, -0.15) is 0 Å². The maximum Gasteiger partial charge on any atom is 0.227 e. The van der Waals surface area contributed by atoms with E-state index in [-0.39, 0.29) is 0 Å². The average molecular weight is 315 g/mol. The summed E-state index contributed by atoms with van der Waals surface area (Å²) in [4.78, 5) is 4.65. The highest BCUT2D eigenvalue weighted by atomic mass is 16.5. The van der Waals surface area contributed by atoms with Gasteiger partial charge >= 0.3 is 0 Å². The Bertz CT molecular complexity index is 984. The Morgan fingerprint density at radius 2 is 1.75 bits per heavy atom. The van der Waals surface area contributed by atoms with Crippen LogP contribution in [0.5, 0.6) is 5.75 Å². The van der Waals surface area contributed by atoms with Crippen LogP contribution in [-0.4, -0.2) is 12.1 Å². The van der Waals surface area contributed by atoms with Crippen molar-refractivity contribution >= 4 is 11.1 Å². The van der Waals surface area contributed by atoms with Crippen LogP contribution < -0.4 is 4.74 Å². The van der Waals surface area contributed by atoms with Gasteiger partial charge in [0.25, 0.3) is 0 Å². The molecule has 4 rings (SSSR count). The molecule has 1 aromatic heterocycles. The van der Waals surface area contributed by atoms with Crippen LogP contribution >= 0.6 is 0 Å². The zero-order valence-corrected chi connectivity index (χ0v) is 13.6. The van der Waals surface area contributed by atoms with Crippen molar-refractivity contribution in [3.05, 3.63) is 72.3 Å². The molecular weight excluding hydrogens is 298 g/mol. The third-order valence-electron chi connectivity index (χ3n) is 4.08. The molecule has 3 nitrogen and oxygen atoms in total. The standard InChI is InChI=1S/C21H17NO2/c1-14-10-11-17(15-6-5-7-16(13-15)23-2)18(12-14)21-22-19-8-3-4-9-20(19)24-21/h3-13H,1-2H3. The molecule has 1 heterocycles. The molecule has 0 bridgehead atoms. The van der Waals surface area contributed by atoms with Gasteiger partial charge in [-0.1, -0.05) is 42.0 Å². The van der Waals surface area contributed by atoms with E-state index in [0.717, 1.165) is 33.5 Å². The fourth-order valence-electron chi connectivity index (χ4n) is 2.86. The second-order valence-electron chi connectivity index (χ2n) is 5.77. The van der Waals surface area contributed by atoms with Crippen molar-refractivity contribution in [2.24, 2.45) is 0 Å². The normalized spacial score (nSPS) is 10.9. The molecule has 0 aliphatic carbocycles.